The number of thioether (sulfide) groups is 2. The standard InChI is InChI=1S/C13H17BrN2OS2/c14-10-2-1-3-11(6-10)16-13(17)8-15-7-12-9-18-4-5-19-12/h1-3,6,12,15H,4-5,7-9H2,(H,16,17). The normalized spacial score (nSPS) is 19.1. The van der Waals surface area contributed by atoms with E-state index in [1.54, 1.807) is 0 Å². The lowest BCUT2D eigenvalue weighted by atomic mass is 10.3. The molecule has 1 saturated heterocycles. The second-order valence-corrected chi connectivity index (χ2v) is 7.73. The molecule has 0 aromatic heterocycles. The first kappa shape index (κ1) is 15.2. The molecule has 1 unspecified atom stereocenters. The Morgan fingerprint density at radius 1 is 1.42 bits per heavy atom. The molecule has 2 rings (SSSR count). The van der Waals surface area contributed by atoms with E-state index in [1.807, 2.05) is 47.8 Å². The molecule has 0 spiro atoms. The fourth-order valence-corrected chi connectivity index (χ4v) is 4.82. The lowest BCUT2D eigenvalue weighted by molar-refractivity contribution is -0.115. The average Bonchev–Trinajstić information content (AvgIpc) is 2.40. The van der Waals surface area contributed by atoms with Crippen LogP contribution >= 0.6 is 39.5 Å². The summed E-state index contributed by atoms with van der Waals surface area (Å²) in [6.45, 7) is 1.28. The largest absolute Gasteiger partial charge is 0.325 e. The van der Waals surface area contributed by atoms with Gasteiger partial charge in [-0.1, -0.05) is 22.0 Å². The van der Waals surface area contributed by atoms with Gasteiger partial charge in [0.25, 0.3) is 0 Å². The van der Waals surface area contributed by atoms with Crippen LogP contribution in [0.15, 0.2) is 28.7 Å². The first-order valence-electron chi connectivity index (χ1n) is 6.19. The van der Waals surface area contributed by atoms with E-state index >= 15 is 0 Å². The highest BCUT2D eigenvalue weighted by Gasteiger charge is 2.14. The Balaban J connectivity index is 1.67. The van der Waals surface area contributed by atoms with Crippen molar-refractivity contribution in [3.8, 4) is 0 Å². The topological polar surface area (TPSA) is 41.1 Å². The number of halogens is 1. The van der Waals surface area contributed by atoms with Crippen molar-refractivity contribution in [3.63, 3.8) is 0 Å². The summed E-state index contributed by atoms with van der Waals surface area (Å²) in [6.07, 6.45) is 0. The Morgan fingerprint density at radius 3 is 3.05 bits per heavy atom. The van der Waals surface area contributed by atoms with Crippen molar-refractivity contribution < 1.29 is 4.79 Å². The van der Waals surface area contributed by atoms with Crippen molar-refractivity contribution in [2.24, 2.45) is 0 Å². The Labute approximate surface area is 130 Å². The van der Waals surface area contributed by atoms with Crippen LogP contribution in [0.5, 0.6) is 0 Å². The molecular weight excluding hydrogens is 344 g/mol. The molecule has 1 heterocycles. The zero-order chi connectivity index (χ0) is 13.5. The zero-order valence-corrected chi connectivity index (χ0v) is 13.7. The molecule has 1 aliphatic heterocycles. The summed E-state index contributed by atoms with van der Waals surface area (Å²) in [5, 5.41) is 6.75. The number of rotatable bonds is 5. The summed E-state index contributed by atoms with van der Waals surface area (Å²) in [4.78, 5) is 11.8. The molecule has 104 valence electrons. The third-order valence-electron chi connectivity index (χ3n) is 2.65. The second kappa shape index (κ2) is 8.19. The van der Waals surface area contributed by atoms with Gasteiger partial charge in [-0.2, -0.15) is 23.5 Å². The van der Waals surface area contributed by atoms with Gasteiger partial charge in [-0.3, -0.25) is 4.79 Å². The number of anilines is 1. The minimum absolute atomic E-state index is 0.00608. The first-order valence-corrected chi connectivity index (χ1v) is 9.19. The highest BCUT2D eigenvalue weighted by molar-refractivity contribution is 9.10. The minimum Gasteiger partial charge on any atom is -0.325 e. The molecule has 2 N–H and O–H groups in total. The van der Waals surface area contributed by atoms with E-state index in [4.69, 9.17) is 0 Å². The first-order chi connectivity index (χ1) is 9.24. The lowest BCUT2D eigenvalue weighted by Crippen LogP contribution is -2.34. The summed E-state index contributed by atoms with van der Waals surface area (Å²) in [5.74, 6) is 3.67. The van der Waals surface area contributed by atoms with E-state index in [0.29, 0.717) is 11.8 Å². The van der Waals surface area contributed by atoms with E-state index in [2.05, 4.69) is 26.6 Å². The summed E-state index contributed by atoms with van der Waals surface area (Å²) >= 11 is 7.38. The van der Waals surface area contributed by atoms with Gasteiger partial charge in [0.2, 0.25) is 5.91 Å². The van der Waals surface area contributed by atoms with Crippen LogP contribution in [-0.2, 0) is 4.79 Å². The van der Waals surface area contributed by atoms with E-state index < -0.39 is 0 Å². The smallest absolute Gasteiger partial charge is 0.238 e. The van der Waals surface area contributed by atoms with Gasteiger partial charge >= 0.3 is 0 Å². The molecule has 0 saturated carbocycles. The zero-order valence-electron chi connectivity index (χ0n) is 10.5. The molecule has 1 fully saturated rings. The van der Waals surface area contributed by atoms with Gasteiger partial charge in [0.15, 0.2) is 0 Å². The molecule has 0 radical (unpaired) electrons. The van der Waals surface area contributed by atoms with E-state index in [-0.39, 0.29) is 5.91 Å². The maximum Gasteiger partial charge on any atom is 0.238 e. The van der Waals surface area contributed by atoms with Crippen molar-refractivity contribution in [2.75, 3.05) is 35.7 Å². The molecule has 0 bridgehead atoms. The van der Waals surface area contributed by atoms with Gasteiger partial charge in [-0.15, -0.1) is 0 Å². The van der Waals surface area contributed by atoms with E-state index in [0.717, 1.165) is 16.7 Å². The second-order valence-electron chi connectivity index (χ2n) is 4.26. The van der Waals surface area contributed by atoms with Crippen molar-refractivity contribution in [3.05, 3.63) is 28.7 Å². The maximum absolute atomic E-state index is 11.8. The van der Waals surface area contributed by atoms with Gasteiger partial charge in [0.1, 0.15) is 0 Å². The molecule has 0 aliphatic carbocycles. The minimum atomic E-state index is 0.00608. The molecule has 1 amide bonds. The Hall–Kier alpha value is -0.170. The third-order valence-corrected chi connectivity index (χ3v) is 5.99. The number of amides is 1. The number of hydrogen-bond donors (Lipinski definition) is 2. The quantitative estimate of drug-likeness (QED) is 0.846. The molecule has 3 nitrogen and oxygen atoms in total. The van der Waals surface area contributed by atoms with Crippen LogP contribution in [0.1, 0.15) is 0 Å². The summed E-state index contributed by atoms with van der Waals surface area (Å²) in [7, 11) is 0. The van der Waals surface area contributed by atoms with Crippen molar-refractivity contribution in [1.29, 1.82) is 0 Å². The van der Waals surface area contributed by atoms with Crippen LogP contribution < -0.4 is 10.6 Å². The number of carbonyl (C=O) groups excluding carboxylic acids is 1. The van der Waals surface area contributed by atoms with Crippen molar-refractivity contribution in [2.45, 2.75) is 5.25 Å². The predicted octanol–water partition coefficient (Wildman–Crippen LogP) is 2.83. The van der Waals surface area contributed by atoms with Gasteiger partial charge in [0.05, 0.1) is 6.54 Å². The van der Waals surface area contributed by atoms with Gasteiger partial charge in [-0.25, -0.2) is 0 Å². The van der Waals surface area contributed by atoms with Gasteiger partial charge in [-0.05, 0) is 18.2 Å². The fraction of sp³-hybridized carbons (Fsp3) is 0.462. The molecule has 1 aromatic carbocycles. The molecule has 1 aliphatic rings. The molecule has 6 heteroatoms. The van der Waals surface area contributed by atoms with Crippen LogP contribution in [0, 0.1) is 0 Å². The van der Waals surface area contributed by atoms with Crippen LogP contribution in [0.25, 0.3) is 0 Å². The lowest BCUT2D eigenvalue weighted by Gasteiger charge is -2.21. The number of hydrogen-bond acceptors (Lipinski definition) is 4. The van der Waals surface area contributed by atoms with Crippen molar-refractivity contribution in [1.82, 2.24) is 5.32 Å². The average molecular weight is 361 g/mol. The van der Waals surface area contributed by atoms with Crippen LogP contribution in [0.3, 0.4) is 0 Å². The van der Waals surface area contributed by atoms with Crippen molar-refractivity contribution >= 4 is 51.0 Å². The van der Waals surface area contributed by atoms with E-state index in [9.17, 15) is 4.79 Å². The number of nitrogens with one attached hydrogen (secondary N) is 2. The van der Waals surface area contributed by atoms with Crippen LogP contribution in [0.2, 0.25) is 0 Å². The Kier molecular flexibility index (Phi) is 6.56. The monoisotopic (exact) mass is 360 g/mol. The SMILES string of the molecule is O=C(CNCC1CSCCS1)Nc1cccc(Br)c1. The van der Waals surface area contributed by atoms with Gasteiger partial charge in [0, 0.05) is 39.2 Å². The van der Waals surface area contributed by atoms with E-state index in [1.165, 1.54) is 17.3 Å². The highest BCUT2D eigenvalue weighted by Crippen LogP contribution is 2.23. The summed E-state index contributed by atoms with van der Waals surface area (Å²) < 4.78 is 0.967. The summed E-state index contributed by atoms with van der Waals surface area (Å²) in [6, 6.07) is 7.62. The molecule has 1 aromatic rings. The number of carbonyl (C=O) groups is 1. The molecular formula is C13H17BrN2OS2. The Bertz CT molecular complexity index is 425. The van der Waals surface area contributed by atoms with Crippen LogP contribution in [0.4, 0.5) is 5.69 Å². The molecule has 1 atom stereocenters. The Morgan fingerprint density at radius 2 is 2.32 bits per heavy atom. The fourth-order valence-electron chi connectivity index (χ4n) is 1.77. The summed E-state index contributed by atoms with van der Waals surface area (Å²) in [5.41, 5.74) is 0.823. The van der Waals surface area contributed by atoms with Crippen LogP contribution in [-0.4, -0.2) is 41.5 Å². The highest BCUT2D eigenvalue weighted by atomic mass is 79.9. The van der Waals surface area contributed by atoms with Gasteiger partial charge < -0.3 is 10.6 Å². The number of benzene rings is 1. The maximum atomic E-state index is 11.8. The predicted molar refractivity (Wildman–Crippen MR) is 89.2 cm³/mol. The molecule has 19 heavy (non-hydrogen) atoms. The third kappa shape index (κ3) is 5.77.